The number of aromatic nitrogens is 2. The standard InChI is InChI=1S/C17H33N5O/c1-4-5-14-23-15-8-10-21-17(18-3)20-9-6-7-12-22-13-11-19-16(22)2/h11,13H,4-10,12,14-15H2,1-3H3,(H2,18,20,21). The van der Waals surface area contributed by atoms with Gasteiger partial charge in [0.25, 0.3) is 0 Å². The predicted molar refractivity (Wildman–Crippen MR) is 95.9 cm³/mol. The summed E-state index contributed by atoms with van der Waals surface area (Å²) in [6, 6.07) is 0. The quantitative estimate of drug-likeness (QED) is 0.352. The molecule has 1 rings (SSSR count). The summed E-state index contributed by atoms with van der Waals surface area (Å²) in [4.78, 5) is 8.47. The van der Waals surface area contributed by atoms with Gasteiger partial charge in [-0.2, -0.15) is 0 Å². The van der Waals surface area contributed by atoms with Crippen LogP contribution in [0, 0.1) is 6.92 Å². The van der Waals surface area contributed by atoms with Gasteiger partial charge in [-0.05, 0) is 32.6 Å². The van der Waals surface area contributed by atoms with E-state index < -0.39 is 0 Å². The van der Waals surface area contributed by atoms with Crippen molar-refractivity contribution in [3.63, 3.8) is 0 Å². The van der Waals surface area contributed by atoms with Crippen molar-refractivity contribution in [2.45, 2.75) is 52.5 Å². The number of nitrogens with zero attached hydrogens (tertiary/aromatic N) is 3. The first-order valence-electron chi connectivity index (χ1n) is 8.78. The van der Waals surface area contributed by atoms with Gasteiger partial charge in [-0.3, -0.25) is 4.99 Å². The van der Waals surface area contributed by atoms with E-state index in [0.717, 1.165) is 70.3 Å². The molecule has 1 heterocycles. The predicted octanol–water partition coefficient (Wildman–Crippen LogP) is 2.34. The van der Waals surface area contributed by atoms with Crippen LogP contribution in [0.3, 0.4) is 0 Å². The molecule has 0 atom stereocenters. The van der Waals surface area contributed by atoms with Gasteiger partial charge < -0.3 is 19.9 Å². The minimum atomic E-state index is 0.814. The van der Waals surface area contributed by atoms with Crippen LogP contribution in [0.25, 0.3) is 0 Å². The molecule has 6 heteroatoms. The van der Waals surface area contributed by atoms with Crippen molar-refractivity contribution in [2.75, 3.05) is 33.4 Å². The largest absolute Gasteiger partial charge is 0.381 e. The summed E-state index contributed by atoms with van der Waals surface area (Å²) in [6.07, 6.45) is 9.47. The third-order valence-electron chi connectivity index (χ3n) is 3.67. The lowest BCUT2D eigenvalue weighted by Gasteiger charge is -2.12. The highest BCUT2D eigenvalue weighted by Gasteiger charge is 1.98. The van der Waals surface area contributed by atoms with E-state index >= 15 is 0 Å². The number of aryl methyl sites for hydroxylation is 2. The molecule has 2 N–H and O–H groups in total. The average molecular weight is 323 g/mol. The smallest absolute Gasteiger partial charge is 0.190 e. The Bertz CT molecular complexity index is 430. The highest BCUT2D eigenvalue weighted by Crippen LogP contribution is 1.99. The molecule has 0 aliphatic carbocycles. The van der Waals surface area contributed by atoms with Crippen LogP contribution in [0.2, 0.25) is 0 Å². The van der Waals surface area contributed by atoms with E-state index in [9.17, 15) is 0 Å². The fraction of sp³-hybridized carbons (Fsp3) is 0.765. The van der Waals surface area contributed by atoms with E-state index in [1.54, 1.807) is 0 Å². The zero-order valence-electron chi connectivity index (χ0n) is 15.0. The number of nitrogens with one attached hydrogen (secondary N) is 2. The van der Waals surface area contributed by atoms with Gasteiger partial charge in [-0.1, -0.05) is 13.3 Å². The Hall–Kier alpha value is -1.56. The van der Waals surface area contributed by atoms with Crippen molar-refractivity contribution < 1.29 is 4.74 Å². The van der Waals surface area contributed by atoms with Crippen LogP contribution in [0.15, 0.2) is 17.4 Å². The SMILES string of the molecule is CCCCOCCCNC(=NC)NCCCCn1ccnc1C. The van der Waals surface area contributed by atoms with Gasteiger partial charge in [-0.15, -0.1) is 0 Å². The van der Waals surface area contributed by atoms with Crippen molar-refractivity contribution in [1.29, 1.82) is 0 Å². The second-order valence-corrected chi connectivity index (χ2v) is 5.62. The lowest BCUT2D eigenvalue weighted by atomic mass is 10.3. The maximum absolute atomic E-state index is 5.54. The molecule has 6 nitrogen and oxygen atoms in total. The second-order valence-electron chi connectivity index (χ2n) is 5.62. The number of hydrogen-bond donors (Lipinski definition) is 2. The molecule has 0 fully saturated rings. The molecule has 0 spiro atoms. The Balaban J connectivity index is 1.98. The van der Waals surface area contributed by atoms with Crippen LogP contribution in [-0.2, 0) is 11.3 Å². The molecule has 0 bridgehead atoms. The van der Waals surface area contributed by atoms with Gasteiger partial charge >= 0.3 is 0 Å². The third kappa shape index (κ3) is 9.23. The van der Waals surface area contributed by atoms with Crippen LogP contribution in [-0.4, -0.2) is 48.9 Å². The Morgan fingerprint density at radius 1 is 1.17 bits per heavy atom. The first kappa shape index (κ1) is 19.5. The van der Waals surface area contributed by atoms with Gasteiger partial charge in [0.2, 0.25) is 0 Å². The van der Waals surface area contributed by atoms with Crippen LogP contribution < -0.4 is 10.6 Å². The fourth-order valence-corrected chi connectivity index (χ4v) is 2.20. The summed E-state index contributed by atoms with van der Waals surface area (Å²) in [5, 5.41) is 6.67. The monoisotopic (exact) mass is 323 g/mol. The Kier molecular flexibility index (Phi) is 11.0. The molecule has 0 unspecified atom stereocenters. The molecule has 0 amide bonds. The van der Waals surface area contributed by atoms with Crippen molar-refractivity contribution >= 4 is 5.96 Å². The summed E-state index contributed by atoms with van der Waals surface area (Å²) < 4.78 is 7.73. The number of ether oxygens (including phenoxy) is 1. The Morgan fingerprint density at radius 2 is 1.91 bits per heavy atom. The van der Waals surface area contributed by atoms with E-state index in [4.69, 9.17) is 4.74 Å². The Labute approximate surface area is 140 Å². The van der Waals surface area contributed by atoms with E-state index in [-0.39, 0.29) is 0 Å². The number of hydrogen-bond acceptors (Lipinski definition) is 3. The number of rotatable bonds is 12. The summed E-state index contributed by atoms with van der Waals surface area (Å²) in [5.41, 5.74) is 0. The molecule has 132 valence electrons. The first-order chi connectivity index (χ1) is 11.3. The topological polar surface area (TPSA) is 63.5 Å². The summed E-state index contributed by atoms with van der Waals surface area (Å²) in [7, 11) is 1.81. The van der Waals surface area contributed by atoms with Gasteiger partial charge in [-0.25, -0.2) is 4.98 Å². The van der Waals surface area contributed by atoms with E-state index in [1.807, 2.05) is 26.4 Å². The van der Waals surface area contributed by atoms with Gasteiger partial charge in [0, 0.05) is 52.3 Å². The molecule has 1 aromatic rings. The van der Waals surface area contributed by atoms with Crippen LogP contribution in [0.4, 0.5) is 0 Å². The molecule has 0 radical (unpaired) electrons. The maximum atomic E-state index is 5.54. The zero-order chi connectivity index (χ0) is 16.8. The van der Waals surface area contributed by atoms with E-state index in [1.165, 1.54) is 6.42 Å². The van der Waals surface area contributed by atoms with Crippen molar-refractivity contribution in [3.8, 4) is 0 Å². The molecule has 0 saturated heterocycles. The summed E-state index contributed by atoms with van der Waals surface area (Å²) in [5.74, 6) is 1.95. The second kappa shape index (κ2) is 12.9. The van der Waals surface area contributed by atoms with Crippen molar-refractivity contribution in [3.05, 3.63) is 18.2 Å². The van der Waals surface area contributed by atoms with Gasteiger partial charge in [0.05, 0.1) is 0 Å². The average Bonchev–Trinajstić information content (AvgIpc) is 2.97. The minimum absolute atomic E-state index is 0.814. The summed E-state index contributed by atoms with van der Waals surface area (Å²) in [6.45, 7) is 8.75. The molecule has 1 aromatic heterocycles. The lowest BCUT2D eigenvalue weighted by Crippen LogP contribution is -2.38. The number of aliphatic imine (C=N–C) groups is 1. The normalized spacial score (nSPS) is 11.7. The Morgan fingerprint density at radius 3 is 2.57 bits per heavy atom. The third-order valence-corrected chi connectivity index (χ3v) is 3.67. The molecule has 0 aromatic carbocycles. The number of guanidine groups is 1. The van der Waals surface area contributed by atoms with Crippen molar-refractivity contribution in [2.24, 2.45) is 4.99 Å². The minimum Gasteiger partial charge on any atom is -0.381 e. The first-order valence-corrected chi connectivity index (χ1v) is 8.78. The molecular weight excluding hydrogens is 290 g/mol. The fourth-order valence-electron chi connectivity index (χ4n) is 2.20. The number of unbranched alkanes of at least 4 members (excludes halogenated alkanes) is 2. The van der Waals surface area contributed by atoms with Gasteiger partial charge in [0.15, 0.2) is 5.96 Å². The number of imidazole rings is 1. The van der Waals surface area contributed by atoms with Crippen LogP contribution in [0.5, 0.6) is 0 Å². The van der Waals surface area contributed by atoms with Crippen LogP contribution in [0.1, 0.15) is 44.9 Å². The van der Waals surface area contributed by atoms with Crippen molar-refractivity contribution in [1.82, 2.24) is 20.2 Å². The highest BCUT2D eigenvalue weighted by atomic mass is 16.5. The highest BCUT2D eigenvalue weighted by molar-refractivity contribution is 5.79. The van der Waals surface area contributed by atoms with Crippen LogP contribution >= 0.6 is 0 Å². The zero-order valence-corrected chi connectivity index (χ0v) is 15.0. The van der Waals surface area contributed by atoms with E-state index in [2.05, 4.69) is 32.1 Å². The summed E-state index contributed by atoms with van der Waals surface area (Å²) >= 11 is 0. The molecule has 0 saturated carbocycles. The van der Waals surface area contributed by atoms with E-state index in [0.29, 0.717) is 0 Å². The maximum Gasteiger partial charge on any atom is 0.190 e. The molecule has 0 aliphatic rings. The van der Waals surface area contributed by atoms with Gasteiger partial charge in [0.1, 0.15) is 5.82 Å². The molecular formula is C17H33N5O. The lowest BCUT2D eigenvalue weighted by molar-refractivity contribution is 0.129. The molecule has 23 heavy (non-hydrogen) atoms. The molecule has 0 aliphatic heterocycles.